The molecule has 1 atom stereocenters. The number of nitrogens with zero attached hydrogens (tertiary/aromatic N) is 2. The molecule has 2 aromatic carbocycles. The summed E-state index contributed by atoms with van der Waals surface area (Å²) in [7, 11) is 4.11. The SMILES string of the molecule is Cc1ccc(C2(C(=O)N3Cc4cc(C)ccc4OC[C@H]3CN(C)C)CC2)cc1. The first-order valence-corrected chi connectivity index (χ1v) is 10.1. The van der Waals surface area contributed by atoms with Crippen molar-refractivity contribution in [3.63, 3.8) is 0 Å². The molecule has 1 saturated carbocycles. The van der Waals surface area contributed by atoms with Crippen LogP contribution in [0.25, 0.3) is 0 Å². The summed E-state index contributed by atoms with van der Waals surface area (Å²) in [6.07, 6.45) is 1.86. The molecule has 0 spiro atoms. The normalized spacial score (nSPS) is 20.3. The third kappa shape index (κ3) is 3.53. The van der Waals surface area contributed by atoms with Crippen LogP contribution in [-0.2, 0) is 16.8 Å². The number of aryl methyl sites for hydroxylation is 2. The minimum absolute atomic E-state index is 0.0399. The van der Waals surface area contributed by atoms with Gasteiger partial charge in [-0.2, -0.15) is 0 Å². The summed E-state index contributed by atoms with van der Waals surface area (Å²) in [6.45, 7) is 6.11. The van der Waals surface area contributed by atoms with Crippen molar-refractivity contribution >= 4 is 5.91 Å². The van der Waals surface area contributed by atoms with Crippen molar-refractivity contribution in [3.05, 3.63) is 64.7 Å². The van der Waals surface area contributed by atoms with Gasteiger partial charge in [0, 0.05) is 18.7 Å². The van der Waals surface area contributed by atoms with Crippen LogP contribution in [0.1, 0.15) is 35.1 Å². The summed E-state index contributed by atoms with van der Waals surface area (Å²) in [5.74, 6) is 1.16. The average Bonchev–Trinajstić information content (AvgIpc) is 3.47. The molecule has 1 fully saturated rings. The Morgan fingerprint density at radius 1 is 1.11 bits per heavy atom. The van der Waals surface area contributed by atoms with Crippen molar-refractivity contribution < 1.29 is 9.53 Å². The monoisotopic (exact) mass is 378 g/mol. The van der Waals surface area contributed by atoms with E-state index in [0.29, 0.717) is 13.2 Å². The molecule has 2 aliphatic rings. The largest absolute Gasteiger partial charge is 0.491 e. The molecule has 1 heterocycles. The number of carbonyl (C=O) groups is 1. The Morgan fingerprint density at radius 3 is 2.43 bits per heavy atom. The van der Waals surface area contributed by atoms with E-state index in [-0.39, 0.29) is 17.4 Å². The fourth-order valence-electron chi connectivity index (χ4n) is 4.27. The highest BCUT2D eigenvalue weighted by molar-refractivity contribution is 5.91. The zero-order valence-electron chi connectivity index (χ0n) is 17.4. The molecule has 1 aliphatic heterocycles. The Hall–Kier alpha value is -2.33. The Bertz CT molecular complexity index is 869. The molecule has 4 nitrogen and oxygen atoms in total. The molecule has 1 amide bonds. The molecule has 0 saturated heterocycles. The Kier molecular flexibility index (Phi) is 4.92. The highest BCUT2D eigenvalue weighted by Gasteiger charge is 2.54. The highest BCUT2D eigenvalue weighted by Crippen LogP contribution is 2.50. The molecule has 0 bridgehead atoms. The number of likely N-dealkylation sites (N-methyl/N-ethyl adjacent to an activating group) is 1. The van der Waals surface area contributed by atoms with Gasteiger partial charge in [0.1, 0.15) is 12.4 Å². The van der Waals surface area contributed by atoms with Crippen molar-refractivity contribution in [2.75, 3.05) is 27.2 Å². The van der Waals surface area contributed by atoms with Gasteiger partial charge in [0.2, 0.25) is 5.91 Å². The molecular formula is C24H30N2O2. The lowest BCUT2D eigenvalue weighted by Gasteiger charge is -2.34. The van der Waals surface area contributed by atoms with Crippen LogP contribution in [0.2, 0.25) is 0 Å². The fourth-order valence-corrected chi connectivity index (χ4v) is 4.27. The third-order valence-corrected chi connectivity index (χ3v) is 6.03. The second kappa shape index (κ2) is 7.25. The smallest absolute Gasteiger partial charge is 0.233 e. The minimum atomic E-state index is -0.355. The van der Waals surface area contributed by atoms with Gasteiger partial charge >= 0.3 is 0 Å². The van der Waals surface area contributed by atoms with Gasteiger partial charge in [0.15, 0.2) is 0 Å². The van der Waals surface area contributed by atoms with Gasteiger partial charge in [-0.25, -0.2) is 0 Å². The van der Waals surface area contributed by atoms with Crippen molar-refractivity contribution in [2.45, 2.75) is 44.7 Å². The molecule has 4 rings (SSSR count). The van der Waals surface area contributed by atoms with Crippen molar-refractivity contribution in [1.82, 2.24) is 9.80 Å². The first kappa shape index (κ1) is 19.0. The van der Waals surface area contributed by atoms with E-state index >= 15 is 0 Å². The van der Waals surface area contributed by atoms with E-state index in [2.05, 4.69) is 74.1 Å². The Morgan fingerprint density at radius 2 is 1.79 bits per heavy atom. The van der Waals surface area contributed by atoms with Crippen LogP contribution in [0.15, 0.2) is 42.5 Å². The van der Waals surface area contributed by atoms with Gasteiger partial charge in [-0.15, -0.1) is 0 Å². The standard InChI is InChI=1S/C24H30N2O2/c1-17-5-8-20(9-6-17)24(11-12-24)23(27)26-14-19-13-18(2)7-10-22(19)28-16-21(26)15-25(3)4/h5-10,13,21H,11-12,14-16H2,1-4H3/t21-/m1/s1. The summed E-state index contributed by atoms with van der Waals surface area (Å²) in [6, 6.07) is 14.8. The molecule has 148 valence electrons. The Balaban J connectivity index is 1.68. The van der Waals surface area contributed by atoms with E-state index in [4.69, 9.17) is 4.74 Å². The van der Waals surface area contributed by atoms with Crippen LogP contribution in [0, 0.1) is 13.8 Å². The molecule has 28 heavy (non-hydrogen) atoms. The number of hydrogen-bond acceptors (Lipinski definition) is 3. The predicted molar refractivity (Wildman–Crippen MR) is 112 cm³/mol. The molecule has 1 aliphatic carbocycles. The maximum absolute atomic E-state index is 13.9. The van der Waals surface area contributed by atoms with Crippen LogP contribution in [0.3, 0.4) is 0 Å². The van der Waals surface area contributed by atoms with Crippen LogP contribution in [0.5, 0.6) is 5.75 Å². The van der Waals surface area contributed by atoms with E-state index in [9.17, 15) is 4.79 Å². The molecule has 4 heteroatoms. The number of benzene rings is 2. The van der Waals surface area contributed by atoms with E-state index in [1.54, 1.807) is 0 Å². The molecule has 0 N–H and O–H groups in total. The van der Waals surface area contributed by atoms with Crippen LogP contribution < -0.4 is 4.74 Å². The van der Waals surface area contributed by atoms with Crippen LogP contribution >= 0.6 is 0 Å². The molecular weight excluding hydrogens is 348 g/mol. The first-order chi connectivity index (χ1) is 13.4. The number of hydrogen-bond donors (Lipinski definition) is 0. The second-order valence-corrected chi connectivity index (χ2v) is 8.72. The lowest BCUT2D eigenvalue weighted by atomic mass is 9.92. The van der Waals surface area contributed by atoms with Gasteiger partial charge in [-0.3, -0.25) is 4.79 Å². The zero-order valence-corrected chi connectivity index (χ0v) is 17.4. The zero-order chi connectivity index (χ0) is 19.9. The summed E-state index contributed by atoms with van der Waals surface area (Å²) in [5.41, 5.74) is 4.33. The quantitative estimate of drug-likeness (QED) is 0.814. The molecule has 0 aromatic heterocycles. The van der Waals surface area contributed by atoms with Crippen molar-refractivity contribution in [2.24, 2.45) is 0 Å². The average molecular weight is 379 g/mol. The second-order valence-electron chi connectivity index (χ2n) is 8.72. The van der Waals surface area contributed by atoms with Gasteiger partial charge in [-0.05, 0) is 52.4 Å². The summed E-state index contributed by atoms with van der Waals surface area (Å²) in [4.78, 5) is 18.1. The summed E-state index contributed by atoms with van der Waals surface area (Å²) >= 11 is 0. The highest BCUT2D eigenvalue weighted by atomic mass is 16.5. The van der Waals surface area contributed by atoms with Crippen molar-refractivity contribution in [1.29, 1.82) is 0 Å². The van der Waals surface area contributed by atoms with Crippen LogP contribution in [-0.4, -0.2) is 49.0 Å². The predicted octanol–water partition coefficient (Wildman–Crippen LogP) is 3.69. The van der Waals surface area contributed by atoms with Crippen molar-refractivity contribution in [3.8, 4) is 5.75 Å². The lowest BCUT2D eigenvalue weighted by molar-refractivity contribution is -0.137. The summed E-state index contributed by atoms with van der Waals surface area (Å²) in [5, 5.41) is 0. The number of carbonyl (C=O) groups excluding carboxylic acids is 1. The van der Waals surface area contributed by atoms with Gasteiger partial charge in [0.25, 0.3) is 0 Å². The number of fused-ring (bicyclic) bond motifs is 1. The third-order valence-electron chi connectivity index (χ3n) is 6.03. The number of amides is 1. The van der Waals surface area contributed by atoms with Gasteiger partial charge < -0.3 is 14.5 Å². The maximum Gasteiger partial charge on any atom is 0.233 e. The van der Waals surface area contributed by atoms with E-state index in [1.807, 2.05) is 6.07 Å². The van der Waals surface area contributed by atoms with E-state index in [1.165, 1.54) is 11.1 Å². The first-order valence-electron chi connectivity index (χ1n) is 10.1. The number of ether oxygens (including phenoxy) is 1. The van der Waals surface area contributed by atoms with Gasteiger partial charge in [-0.1, -0.05) is 47.5 Å². The topological polar surface area (TPSA) is 32.8 Å². The molecule has 0 radical (unpaired) electrons. The van der Waals surface area contributed by atoms with Gasteiger partial charge in [0.05, 0.1) is 11.5 Å². The molecule has 2 aromatic rings. The van der Waals surface area contributed by atoms with E-state index in [0.717, 1.165) is 36.3 Å². The Labute approximate surface area is 168 Å². The summed E-state index contributed by atoms with van der Waals surface area (Å²) < 4.78 is 6.13. The van der Waals surface area contributed by atoms with Crippen LogP contribution in [0.4, 0.5) is 0 Å². The number of rotatable bonds is 4. The maximum atomic E-state index is 13.9. The fraction of sp³-hybridized carbons (Fsp3) is 0.458. The lowest BCUT2D eigenvalue weighted by Crippen LogP contribution is -2.50. The minimum Gasteiger partial charge on any atom is -0.491 e. The molecule has 0 unspecified atom stereocenters. The van der Waals surface area contributed by atoms with E-state index < -0.39 is 0 Å².